The van der Waals surface area contributed by atoms with Gasteiger partial charge in [0.05, 0.1) is 11.2 Å². The molecular weight excluding hydrogens is 322 g/mol. The SMILES string of the molecule is Cc1ccc(-c2cc([C@@H](N=O)[C@H]3CCCCN3)c3ccccc3n2)cc1. The minimum Gasteiger partial charge on any atom is -0.311 e. The van der Waals surface area contributed by atoms with Crippen LogP contribution in [0.15, 0.2) is 59.8 Å². The van der Waals surface area contributed by atoms with E-state index in [1.54, 1.807) is 0 Å². The molecule has 1 aliphatic rings. The number of aryl methyl sites for hydroxylation is 1. The van der Waals surface area contributed by atoms with Gasteiger partial charge in [0.15, 0.2) is 0 Å². The molecule has 2 atom stereocenters. The molecule has 0 unspecified atom stereocenters. The minimum atomic E-state index is -0.396. The van der Waals surface area contributed by atoms with Crippen molar-refractivity contribution in [1.82, 2.24) is 10.3 Å². The van der Waals surface area contributed by atoms with Crippen molar-refractivity contribution in [3.63, 3.8) is 0 Å². The molecule has 0 aliphatic carbocycles. The van der Waals surface area contributed by atoms with Crippen LogP contribution in [0.1, 0.15) is 36.4 Å². The van der Waals surface area contributed by atoms with E-state index in [4.69, 9.17) is 4.98 Å². The van der Waals surface area contributed by atoms with E-state index in [9.17, 15) is 4.91 Å². The predicted molar refractivity (Wildman–Crippen MR) is 106 cm³/mol. The standard InChI is InChI=1S/C22H23N3O/c1-15-9-11-16(12-10-15)21-14-18(17-6-2-3-7-19(17)24-21)22(25-26)20-8-4-5-13-23-20/h2-3,6-7,9-12,14,20,22-23H,4-5,8,13H2,1H3/t20-,22-/m1/s1. The summed E-state index contributed by atoms with van der Waals surface area (Å²) in [7, 11) is 0. The molecule has 1 N–H and O–H groups in total. The Morgan fingerprint density at radius 3 is 2.65 bits per heavy atom. The van der Waals surface area contributed by atoms with Gasteiger partial charge in [0.1, 0.15) is 6.04 Å². The monoisotopic (exact) mass is 345 g/mol. The number of piperidine rings is 1. The average Bonchev–Trinajstić information content (AvgIpc) is 2.70. The smallest absolute Gasteiger partial charge is 0.133 e. The molecule has 2 aromatic carbocycles. The Hall–Kier alpha value is -2.59. The van der Waals surface area contributed by atoms with Crippen LogP contribution in [0.2, 0.25) is 0 Å². The van der Waals surface area contributed by atoms with Crippen LogP contribution in [0.5, 0.6) is 0 Å². The van der Waals surface area contributed by atoms with Crippen molar-refractivity contribution < 1.29 is 0 Å². The molecule has 0 radical (unpaired) electrons. The number of pyridine rings is 1. The Morgan fingerprint density at radius 1 is 1.12 bits per heavy atom. The Balaban J connectivity index is 1.86. The first-order valence-electron chi connectivity index (χ1n) is 9.29. The number of benzene rings is 2. The second-order valence-electron chi connectivity index (χ2n) is 7.09. The molecule has 0 bridgehead atoms. The molecule has 0 amide bonds. The van der Waals surface area contributed by atoms with Crippen LogP contribution in [0.4, 0.5) is 0 Å². The third-order valence-corrected chi connectivity index (χ3v) is 5.26. The lowest BCUT2D eigenvalue weighted by Gasteiger charge is -2.28. The highest BCUT2D eigenvalue weighted by atomic mass is 16.3. The third kappa shape index (κ3) is 3.25. The predicted octanol–water partition coefficient (Wildman–Crippen LogP) is 5.16. The van der Waals surface area contributed by atoms with E-state index in [2.05, 4.69) is 47.7 Å². The number of aromatic nitrogens is 1. The molecule has 2 heterocycles. The van der Waals surface area contributed by atoms with E-state index in [-0.39, 0.29) is 6.04 Å². The first kappa shape index (κ1) is 16.9. The van der Waals surface area contributed by atoms with Gasteiger partial charge in [-0.25, -0.2) is 4.98 Å². The van der Waals surface area contributed by atoms with Crippen molar-refractivity contribution in [2.45, 2.75) is 38.3 Å². The molecule has 1 aromatic heterocycles. The van der Waals surface area contributed by atoms with Crippen molar-refractivity contribution in [1.29, 1.82) is 0 Å². The first-order chi connectivity index (χ1) is 12.8. The summed E-state index contributed by atoms with van der Waals surface area (Å²) in [6, 6.07) is 18.1. The van der Waals surface area contributed by atoms with Crippen molar-refractivity contribution >= 4 is 10.9 Å². The molecule has 4 heteroatoms. The average molecular weight is 345 g/mol. The lowest BCUT2D eigenvalue weighted by Crippen LogP contribution is -2.38. The quantitative estimate of drug-likeness (QED) is 0.665. The van der Waals surface area contributed by atoms with Crippen LogP contribution >= 0.6 is 0 Å². The summed E-state index contributed by atoms with van der Waals surface area (Å²) in [5.74, 6) is 0. The molecule has 4 nitrogen and oxygen atoms in total. The Morgan fingerprint density at radius 2 is 1.92 bits per heavy atom. The van der Waals surface area contributed by atoms with Crippen LogP contribution in [0.25, 0.3) is 22.2 Å². The Kier molecular flexibility index (Phi) is 4.76. The summed E-state index contributed by atoms with van der Waals surface area (Å²) in [6.07, 6.45) is 3.28. The number of para-hydroxylation sites is 1. The van der Waals surface area contributed by atoms with Crippen LogP contribution in [-0.4, -0.2) is 17.6 Å². The molecule has 0 saturated carbocycles. The first-order valence-corrected chi connectivity index (χ1v) is 9.29. The van der Waals surface area contributed by atoms with Gasteiger partial charge in [0, 0.05) is 17.0 Å². The Labute approximate surface area is 153 Å². The number of hydrogen-bond acceptors (Lipinski definition) is 4. The number of fused-ring (bicyclic) bond motifs is 1. The van der Waals surface area contributed by atoms with Gasteiger partial charge in [-0.1, -0.05) is 59.6 Å². The second-order valence-corrected chi connectivity index (χ2v) is 7.09. The summed E-state index contributed by atoms with van der Waals surface area (Å²) < 4.78 is 0. The molecule has 3 aromatic rings. The van der Waals surface area contributed by atoms with E-state index in [0.717, 1.165) is 53.5 Å². The van der Waals surface area contributed by atoms with Gasteiger partial charge in [-0.05, 0) is 44.0 Å². The summed E-state index contributed by atoms with van der Waals surface area (Å²) in [6.45, 7) is 3.02. The van der Waals surface area contributed by atoms with Crippen LogP contribution in [0, 0.1) is 11.8 Å². The normalized spacial score (nSPS) is 18.6. The number of nitrogens with zero attached hydrogens (tertiary/aromatic N) is 2. The lowest BCUT2D eigenvalue weighted by atomic mass is 9.90. The number of hydrogen-bond donors (Lipinski definition) is 1. The van der Waals surface area contributed by atoms with Crippen LogP contribution < -0.4 is 5.32 Å². The van der Waals surface area contributed by atoms with Crippen molar-refractivity contribution in [2.24, 2.45) is 5.18 Å². The highest BCUT2D eigenvalue weighted by Crippen LogP contribution is 2.34. The maximum Gasteiger partial charge on any atom is 0.133 e. The fourth-order valence-electron chi connectivity index (χ4n) is 3.81. The van der Waals surface area contributed by atoms with Crippen LogP contribution in [-0.2, 0) is 0 Å². The fourth-order valence-corrected chi connectivity index (χ4v) is 3.81. The molecule has 4 rings (SSSR count). The van der Waals surface area contributed by atoms with Gasteiger partial charge in [-0.3, -0.25) is 0 Å². The molecule has 132 valence electrons. The highest BCUT2D eigenvalue weighted by Gasteiger charge is 2.28. The van der Waals surface area contributed by atoms with Gasteiger partial charge in [-0.15, -0.1) is 0 Å². The molecule has 1 saturated heterocycles. The number of nitrogens with one attached hydrogen (secondary N) is 1. The van der Waals surface area contributed by atoms with E-state index in [1.807, 2.05) is 24.3 Å². The van der Waals surface area contributed by atoms with Gasteiger partial charge >= 0.3 is 0 Å². The van der Waals surface area contributed by atoms with E-state index in [0.29, 0.717) is 0 Å². The molecule has 0 spiro atoms. The van der Waals surface area contributed by atoms with E-state index >= 15 is 0 Å². The number of rotatable bonds is 4. The fraction of sp³-hybridized carbons (Fsp3) is 0.318. The van der Waals surface area contributed by atoms with Gasteiger partial charge in [0.2, 0.25) is 0 Å². The van der Waals surface area contributed by atoms with Crippen LogP contribution in [0.3, 0.4) is 0 Å². The summed E-state index contributed by atoms with van der Waals surface area (Å²) in [5.41, 5.74) is 5.05. The topological polar surface area (TPSA) is 54.4 Å². The Bertz CT molecular complexity index is 914. The summed E-state index contributed by atoms with van der Waals surface area (Å²) in [5, 5.41) is 8.04. The zero-order valence-corrected chi connectivity index (χ0v) is 15.0. The zero-order chi connectivity index (χ0) is 17.9. The van der Waals surface area contributed by atoms with E-state index < -0.39 is 6.04 Å². The second kappa shape index (κ2) is 7.34. The molecule has 26 heavy (non-hydrogen) atoms. The zero-order valence-electron chi connectivity index (χ0n) is 15.0. The molecule has 1 aliphatic heterocycles. The lowest BCUT2D eigenvalue weighted by molar-refractivity contribution is 0.355. The maximum atomic E-state index is 11.8. The van der Waals surface area contributed by atoms with Crippen molar-refractivity contribution in [3.05, 3.63) is 70.6 Å². The summed E-state index contributed by atoms with van der Waals surface area (Å²) >= 11 is 0. The van der Waals surface area contributed by atoms with Gasteiger partial charge in [-0.2, -0.15) is 4.91 Å². The van der Waals surface area contributed by atoms with Crippen molar-refractivity contribution in [3.8, 4) is 11.3 Å². The molecule has 1 fully saturated rings. The van der Waals surface area contributed by atoms with Gasteiger partial charge < -0.3 is 5.32 Å². The maximum absolute atomic E-state index is 11.8. The summed E-state index contributed by atoms with van der Waals surface area (Å²) in [4.78, 5) is 16.7. The van der Waals surface area contributed by atoms with E-state index in [1.165, 1.54) is 5.56 Å². The minimum absolute atomic E-state index is 0.0953. The van der Waals surface area contributed by atoms with Crippen molar-refractivity contribution in [2.75, 3.05) is 6.54 Å². The largest absolute Gasteiger partial charge is 0.311 e. The number of nitroso groups, excluding NO2 is 1. The van der Waals surface area contributed by atoms with Gasteiger partial charge in [0.25, 0.3) is 0 Å². The molecular formula is C22H23N3O. The third-order valence-electron chi connectivity index (χ3n) is 5.26. The highest BCUT2D eigenvalue weighted by molar-refractivity contribution is 5.85.